The summed E-state index contributed by atoms with van der Waals surface area (Å²) < 4.78 is 42.8. The Labute approximate surface area is 160 Å². The zero-order valence-corrected chi connectivity index (χ0v) is 15.6. The second kappa shape index (κ2) is 7.12. The van der Waals surface area contributed by atoms with E-state index in [1.807, 2.05) is 11.9 Å². The topological polar surface area (TPSA) is 53.4 Å². The fraction of sp³-hybridized carbons (Fsp3) is 0.474. The molecule has 0 atom stereocenters. The molecule has 2 aliphatic heterocycles. The Kier molecular flexibility index (Phi) is 4.78. The van der Waals surface area contributed by atoms with E-state index >= 15 is 0 Å². The number of hydrogen-bond donors (Lipinski definition) is 1. The summed E-state index contributed by atoms with van der Waals surface area (Å²) >= 11 is 0. The normalized spacial score (nSPS) is 17.6. The summed E-state index contributed by atoms with van der Waals surface area (Å²) in [6, 6.07) is 4.11. The Morgan fingerprint density at radius 3 is 2.61 bits per heavy atom. The predicted octanol–water partition coefficient (Wildman–Crippen LogP) is 2.85. The van der Waals surface area contributed by atoms with Gasteiger partial charge in [0.25, 0.3) is 5.91 Å². The van der Waals surface area contributed by atoms with Crippen LogP contribution < -0.4 is 10.2 Å². The standard InChI is InChI=1S/C19H22F3N5O/c1-25-7-9-26(10-8-25)13-4-5-16(15(11-13)19(20,21)22)24-18(28)14-12-23-27-6-2-3-17(14)27/h4-5,11-12H,2-3,6-10H2,1H3,(H,24,28). The van der Waals surface area contributed by atoms with Crippen molar-refractivity contribution < 1.29 is 18.0 Å². The highest BCUT2D eigenvalue weighted by atomic mass is 19.4. The highest BCUT2D eigenvalue weighted by Crippen LogP contribution is 2.38. The van der Waals surface area contributed by atoms with Crippen molar-refractivity contribution in [3.8, 4) is 0 Å². The van der Waals surface area contributed by atoms with Gasteiger partial charge in [-0.3, -0.25) is 9.48 Å². The molecule has 2 aromatic rings. The van der Waals surface area contributed by atoms with Crippen LogP contribution in [-0.4, -0.2) is 53.8 Å². The SMILES string of the molecule is CN1CCN(c2ccc(NC(=O)c3cnn4c3CCC4)c(C(F)(F)F)c2)CC1. The highest BCUT2D eigenvalue weighted by molar-refractivity contribution is 6.05. The zero-order valence-electron chi connectivity index (χ0n) is 15.6. The minimum absolute atomic E-state index is 0.228. The van der Waals surface area contributed by atoms with Crippen molar-refractivity contribution in [2.75, 3.05) is 43.4 Å². The van der Waals surface area contributed by atoms with E-state index in [0.717, 1.165) is 37.8 Å². The highest BCUT2D eigenvalue weighted by Gasteiger charge is 2.35. The summed E-state index contributed by atoms with van der Waals surface area (Å²) in [7, 11) is 1.99. The summed E-state index contributed by atoms with van der Waals surface area (Å²) in [6.07, 6.45) is -1.55. The number of likely N-dealkylation sites (N-methyl/N-ethyl adjacent to an activating group) is 1. The van der Waals surface area contributed by atoms with Gasteiger partial charge in [0.15, 0.2) is 0 Å². The first-order valence-corrected chi connectivity index (χ1v) is 9.34. The number of hydrogen-bond acceptors (Lipinski definition) is 4. The Morgan fingerprint density at radius 2 is 1.89 bits per heavy atom. The van der Waals surface area contributed by atoms with Crippen molar-refractivity contribution in [3.63, 3.8) is 0 Å². The Morgan fingerprint density at radius 1 is 1.14 bits per heavy atom. The average Bonchev–Trinajstić information content (AvgIpc) is 3.25. The number of aromatic nitrogens is 2. The number of fused-ring (bicyclic) bond motifs is 1. The van der Waals surface area contributed by atoms with Crippen LogP contribution in [0.4, 0.5) is 24.5 Å². The number of rotatable bonds is 3. The number of nitrogens with zero attached hydrogens (tertiary/aromatic N) is 4. The van der Waals surface area contributed by atoms with Gasteiger partial charge in [0.05, 0.1) is 28.7 Å². The van der Waals surface area contributed by atoms with Crippen molar-refractivity contribution in [2.45, 2.75) is 25.6 Å². The maximum Gasteiger partial charge on any atom is 0.418 e. The lowest BCUT2D eigenvalue weighted by atomic mass is 10.1. The maximum atomic E-state index is 13.7. The molecule has 1 amide bonds. The molecule has 150 valence electrons. The van der Waals surface area contributed by atoms with Gasteiger partial charge < -0.3 is 15.1 Å². The van der Waals surface area contributed by atoms with Gasteiger partial charge in [-0.25, -0.2) is 0 Å². The summed E-state index contributed by atoms with van der Waals surface area (Å²) in [6.45, 7) is 3.67. The number of nitrogens with one attached hydrogen (secondary N) is 1. The minimum Gasteiger partial charge on any atom is -0.369 e. The van der Waals surface area contributed by atoms with E-state index in [-0.39, 0.29) is 5.69 Å². The lowest BCUT2D eigenvalue weighted by molar-refractivity contribution is -0.136. The second-order valence-corrected chi connectivity index (χ2v) is 7.30. The molecule has 1 aromatic carbocycles. The van der Waals surface area contributed by atoms with Crippen molar-refractivity contribution in [1.82, 2.24) is 14.7 Å². The molecule has 3 heterocycles. The van der Waals surface area contributed by atoms with E-state index in [1.54, 1.807) is 10.7 Å². The van der Waals surface area contributed by atoms with Crippen LogP contribution in [0, 0.1) is 0 Å². The molecule has 1 saturated heterocycles. The van der Waals surface area contributed by atoms with Crippen LogP contribution in [-0.2, 0) is 19.1 Å². The van der Waals surface area contributed by atoms with Gasteiger partial charge in [-0.15, -0.1) is 0 Å². The smallest absolute Gasteiger partial charge is 0.369 e. The summed E-state index contributed by atoms with van der Waals surface area (Å²) in [5, 5.41) is 6.58. The van der Waals surface area contributed by atoms with Crippen LogP contribution in [0.3, 0.4) is 0 Å². The number of piperazine rings is 1. The van der Waals surface area contributed by atoms with Crippen molar-refractivity contribution in [1.29, 1.82) is 0 Å². The number of carbonyl (C=O) groups is 1. The van der Waals surface area contributed by atoms with Crippen molar-refractivity contribution >= 4 is 17.3 Å². The van der Waals surface area contributed by atoms with E-state index in [2.05, 4.69) is 15.3 Å². The maximum absolute atomic E-state index is 13.7. The first-order chi connectivity index (χ1) is 13.3. The zero-order chi connectivity index (χ0) is 19.9. The summed E-state index contributed by atoms with van der Waals surface area (Å²) in [5.41, 5.74) is 0.577. The molecule has 6 nitrogen and oxygen atoms in total. The van der Waals surface area contributed by atoms with Crippen LogP contribution >= 0.6 is 0 Å². The van der Waals surface area contributed by atoms with Gasteiger partial charge in [0.2, 0.25) is 0 Å². The molecule has 1 fully saturated rings. The van der Waals surface area contributed by atoms with Crippen LogP contribution in [0.5, 0.6) is 0 Å². The molecule has 1 N–H and O–H groups in total. The first kappa shape index (κ1) is 18.8. The summed E-state index contributed by atoms with van der Waals surface area (Å²) in [4.78, 5) is 16.7. The van der Waals surface area contributed by atoms with Crippen LogP contribution in [0.2, 0.25) is 0 Å². The second-order valence-electron chi connectivity index (χ2n) is 7.30. The first-order valence-electron chi connectivity index (χ1n) is 9.34. The van der Waals surface area contributed by atoms with Gasteiger partial charge in [-0.1, -0.05) is 0 Å². The largest absolute Gasteiger partial charge is 0.418 e. The molecular formula is C19H22F3N5O. The van der Waals surface area contributed by atoms with E-state index in [1.165, 1.54) is 12.3 Å². The van der Waals surface area contributed by atoms with Gasteiger partial charge >= 0.3 is 6.18 Å². The molecule has 0 spiro atoms. The Hall–Kier alpha value is -2.55. The molecule has 0 radical (unpaired) electrons. The number of amides is 1. The average molecular weight is 393 g/mol. The van der Waals surface area contributed by atoms with Crippen LogP contribution in [0.15, 0.2) is 24.4 Å². The van der Waals surface area contributed by atoms with Gasteiger partial charge in [-0.2, -0.15) is 18.3 Å². The van der Waals surface area contributed by atoms with E-state index < -0.39 is 17.6 Å². The predicted molar refractivity (Wildman–Crippen MR) is 99.7 cm³/mol. The minimum atomic E-state index is -4.56. The number of halogens is 3. The van der Waals surface area contributed by atoms with Crippen molar-refractivity contribution in [2.24, 2.45) is 0 Å². The number of aryl methyl sites for hydroxylation is 1. The Balaban J connectivity index is 1.60. The molecule has 0 saturated carbocycles. The fourth-order valence-corrected chi connectivity index (χ4v) is 3.78. The van der Waals surface area contributed by atoms with E-state index in [0.29, 0.717) is 30.8 Å². The molecule has 9 heteroatoms. The van der Waals surface area contributed by atoms with Crippen molar-refractivity contribution in [3.05, 3.63) is 41.2 Å². The molecule has 28 heavy (non-hydrogen) atoms. The Bertz CT molecular complexity index is 884. The number of benzene rings is 1. The third-order valence-corrected chi connectivity index (χ3v) is 5.40. The third-order valence-electron chi connectivity index (χ3n) is 5.40. The van der Waals surface area contributed by atoms with E-state index in [9.17, 15) is 18.0 Å². The van der Waals surface area contributed by atoms with Gasteiger partial charge in [0.1, 0.15) is 0 Å². The lowest BCUT2D eigenvalue weighted by Crippen LogP contribution is -2.44. The summed E-state index contributed by atoms with van der Waals surface area (Å²) in [5.74, 6) is -0.555. The van der Waals surface area contributed by atoms with Gasteiger partial charge in [-0.05, 0) is 38.1 Å². The number of anilines is 2. The molecule has 1 aromatic heterocycles. The quantitative estimate of drug-likeness (QED) is 0.871. The number of alkyl halides is 3. The molecule has 0 bridgehead atoms. The van der Waals surface area contributed by atoms with Gasteiger partial charge in [0, 0.05) is 38.4 Å². The van der Waals surface area contributed by atoms with Crippen LogP contribution in [0.25, 0.3) is 0 Å². The number of carbonyl (C=O) groups excluding carboxylic acids is 1. The molecule has 0 aliphatic carbocycles. The fourth-order valence-electron chi connectivity index (χ4n) is 3.78. The van der Waals surface area contributed by atoms with E-state index in [4.69, 9.17) is 0 Å². The monoisotopic (exact) mass is 393 g/mol. The lowest BCUT2D eigenvalue weighted by Gasteiger charge is -2.34. The molecule has 4 rings (SSSR count). The molecule has 0 unspecified atom stereocenters. The molecular weight excluding hydrogens is 371 g/mol. The van der Waals surface area contributed by atoms with Crippen LogP contribution in [0.1, 0.15) is 28.0 Å². The third kappa shape index (κ3) is 3.58. The molecule has 2 aliphatic rings.